The maximum Gasteiger partial charge on any atom is 0.416 e. The van der Waals surface area contributed by atoms with Crippen LogP contribution in [0.2, 0.25) is 0 Å². The number of hydrogen-bond acceptors (Lipinski definition) is 1. The molecule has 0 fully saturated rings. The zero-order valence-electron chi connectivity index (χ0n) is 9.82. The van der Waals surface area contributed by atoms with E-state index in [0.29, 0.717) is 12.1 Å². The third-order valence-electron chi connectivity index (χ3n) is 2.41. The fourth-order valence-electron chi connectivity index (χ4n) is 1.48. The summed E-state index contributed by atoms with van der Waals surface area (Å²) in [7, 11) is 0. The quantitative estimate of drug-likeness (QED) is 0.758. The first-order valence-electron chi connectivity index (χ1n) is 5.28. The predicted octanol–water partition coefficient (Wildman–Crippen LogP) is 4.25. The van der Waals surface area contributed by atoms with Crippen LogP contribution in [0.4, 0.5) is 26.3 Å². The highest BCUT2D eigenvalue weighted by Gasteiger charge is 2.36. The van der Waals surface area contributed by atoms with Crippen LogP contribution in [0, 0.1) is 0 Å². The molecular weight excluding hydrogens is 274 g/mol. The van der Waals surface area contributed by atoms with Crippen LogP contribution in [0.5, 0.6) is 0 Å². The average molecular weight is 284 g/mol. The zero-order chi connectivity index (χ0) is 14.8. The first kappa shape index (κ1) is 15.5. The van der Waals surface area contributed by atoms with Gasteiger partial charge in [-0.2, -0.15) is 26.3 Å². The molecule has 0 aliphatic carbocycles. The Bertz CT molecular complexity index is 440. The van der Waals surface area contributed by atoms with Gasteiger partial charge in [0.1, 0.15) is 5.78 Å². The van der Waals surface area contributed by atoms with Gasteiger partial charge in [-0.25, -0.2) is 0 Å². The van der Waals surface area contributed by atoms with E-state index in [2.05, 4.69) is 0 Å². The van der Waals surface area contributed by atoms with Gasteiger partial charge in [0.25, 0.3) is 0 Å². The minimum Gasteiger partial charge on any atom is -0.300 e. The van der Waals surface area contributed by atoms with Crippen LogP contribution in [0.25, 0.3) is 0 Å². The van der Waals surface area contributed by atoms with Crippen LogP contribution in [-0.2, 0) is 23.6 Å². The molecule has 1 nitrogen and oxygen atoms in total. The van der Waals surface area contributed by atoms with Gasteiger partial charge in [0.05, 0.1) is 11.1 Å². The van der Waals surface area contributed by atoms with Crippen LogP contribution >= 0.6 is 0 Å². The van der Waals surface area contributed by atoms with Gasteiger partial charge in [0.15, 0.2) is 0 Å². The summed E-state index contributed by atoms with van der Waals surface area (Å²) in [6.07, 6.45) is -9.96. The van der Waals surface area contributed by atoms with Gasteiger partial charge in [-0.3, -0.25) is 0 Å². The summed E-state index contributed by atoms with van der Waals surface area (Å²) in [5.74, 6) is -0.300. The molecule has 0 spiro atoms. The third kappa shape index (κ3) is 4.57. The van der Waals surface area contributed by atoms with Crippen molar-refractivity contribution in [1.29, 1.82) is 0 Å². The molecule has 0 radical (unpaired) electrons. The monoisotopic (exact) mass is 284 g/mol. The summed E-state index contributed by atoms with van der Waals surface area (Å²) in [6, 6.07) is 1.34. The van der Waals surface area contributed by atoms with E-state index >= 15 is 0 Å². The Morgan fingerprint density at radius 2 is 1.37 bits per heavy atom. The van der Waals surface area contributed by atoms with Crippen molar-refractivity contribution < 1.29 is 31.1 Å². The molecule has 0 unspecified atom stereocenters. The van der Waals surface area contributed by atoms with E-state index in [0.717, 1.165) is 0 Å². The molecule has 0 heterocycles. The van der Waals surface area contributed by atoms with Crippen molar-refractivity contribution in [3.05, 3.63) is 34.9 Å². The first-order valence-corrected chi connectivity index (χ1v) is 5.28. The van der Waals surface area contributed by atoms with E-state index in [1.807, 2.05) is 0 Å². The molecule has 7 heteroatoms. The molecule has 0 saturated heterocycles. The maximum absolute atomic E-state index is 12.5. The van der Waals surface area contributed by atoms with Gasteiger partial charge in [-0.05, 0) is 37.1 Å². The molecule has 106 valence electrons. The Morgan fingerprint density at radius 3 is 1.68 bits per heavy atom. The van der Waals surface area contributed by atoms with Crippen molar-refractivity contribution in [3.63, 3.8) is 0 Å². The van der Waals surface area contributed by atoms with Crippen molar-refractivity contribution in [2.24, 2.45) is 0 Å². The first-order chi connectivity index (χ1) is 8.50. The van der Waals surface area contributed by atoms with E-state index in [4.69, 9.17) is 0 Å². The number of hydrogen-bond donors (Lipinski definition) is 0. The Hall–Kier alpha value is -1.53. The molecule has 0 amide bonds. The molecule has 1 aromatic rings. The van der Waals surface area contributed by atoms with E-state index in [9.17, 15) is 31.1 Å². The molecule has 1 aromatic carbocycles. The minimum absolute atomic E-state index is 0.0667. The molecule has 0 saturated carbocycles. The van der Waals surface area contributed by atoms with Gasteiger partial charge in [0, 0.05) is 6.42 Å². The molecular formula is C12H10F6O. The van der Waals surface area contributed by atoms with Crippen molar-refractivity contribution in [2.45, 2.75) is 32.1 Å². The number of Topliss-reactive ketones (excluding diaryl/α,β-unsaturated/α-hetero) is 1. The number of benzene rings is 1. The van der Waals surface area contributed by atoms with Crippen molar-refractivity contribution in [1.82, 2.24) is 0 Å². The summed E-state index contributed by atoms with van der Waals surface area (Å²) in [6.45, 7) is 1.22. The van der Waals surface area contributed by atoms with E-state index < -0.39 is 23.5 Å². The largest absolute Gasteiger partial charge is 0.416 e. The van der Waals surface area contributed by atoms with Crippen molar-refractivity contribution >= 4 is 5.78 Å². The summed E-state index contributed by atoms with van der Waals surface area (Å²) in [4.78, 5) is 10.7. The summed E-state index contributed by atoms with van der Waals surface area (Å²) in [5.41, 5.74) is -2.88. The number of aryl methyl sites for hydroxylation is 1. The molecule has 0 aliphatic heterocycles. The van der Waals surface area contributed by atoms with Crippen LogP contribution in [-0.4, -0.2) is 5.78 Å². The Morgan fingerprint density at radius 1 is 0.947 bits per heavy atom. The fourth-order valence-corrected chi connectivity index (χ4v) is 1.48. The number of carbonyl (C=O) groups is 1. The lowest BCUT2D eigenvalue weighted by Gasteiger charge is -2.13. The van der Waals surface area contributed by atoms with E-state index in [1.165, 1.54) is 6.92 Å². The third-order valence-corrected chi connectivity index (χ3v) is 2.41. The van der Waals surface area contributed by atoms with Crippen LogP contribution in [0.1, 0.15) is 30.0 Å². The van der Waals surface area contributed by atoms with Gasteiger partial charge in [-0.15, -0.1) is 0 Å². The maximum atomic E-state index is 12.5. The SMILES string of the molecule is CC(=O)CCc1cc(C(F)(F)F)cc(C(F)(F)F)c1. The number of halogens is 6. The van der Waals surface area contributed by atoms with E-state index in [-0.39, 0.29) is 30.3 Å². The lowest BCUT2D eigenvalue weighted by Crippen LogP contribution is -2.12. The van der Waals surface area contributed by atoms with Crippen molar-refractivity contribution in [3.8, 4) is 0 Å². The highest BCUT2D eigenvalue weighted by molar-refractivity contribution is 5.75. The molecule has 0 N–H and O–H groups in total. The number of alkyl halides is 6. The van der Waals surface area contributed by atoms with Crippen LogP contribution in [0.3, 0.4) is 0 Å². The van der Waals surface area contributed by atoms with Gasteiger partial charge >= 0.3 is 12.4 Å². The Labute approximate surface area is 105 Å². The van der Waals surface area contributed by atoms with Crippen LogP contribution in [0.15, 0.2) is 18.2 Å². The molecule has 0 aliphatic rings. The van der Waals surface area contributed by atoms with Crippen LogP contribution < -0.4 is 0 Å². The minimum atomic E-state index is -4.85. The van der Waals surface area contributed by atoms with Gasteiger partial charge in [0.2, 0.25) is 0 Å². The van der Waals surface area contributed by atoms with Gasteiger partial charge < -0.3 is 4.79 Å². The lowest BCUT2D eigenvalue weighted by molar-refractivity contribution is -0.143. The predicted molar refractivity (Wildman–Crippen MR) is 55.4 cm³/mol. The van der Waals surface area contributed by atoms with E-state index in [1.54, 1.807) is 0 Å². The molecule has 19 heavy (non-hydrogen) atoms. The number of ketones is 1. The second-order valence-electron chi connectivity index (χ2n) is 4.12. The highest BCUT2D eigenvalue weighted by Crippen LogP contribution is 2.36. The Kier molecular flexibility index (Phi) is 4.27. The standard InChI is InChI=1S/C12H10F6O/c1-7(19)2-3-8-4-9(11(13,14)15)6-10(5-8)12(16,17)18/h4-6H,2-3H2,1H3. The topological polar surface area (TPSA) is 17.1 Å². The zero-order valence-corrected chi connectivity index (χ0v) is 9.82. The smallest absolute Gasteiger partial charge is 0.300 e. The molecule has 0 bridgehead atoms. The average Bonchev–Trinajstić information content (AvgIpc) is 2.23. The number of carbonyl (C=O) groups excluding carboxylic acids is 1. The molecule has 0 aromatic heterocycles. The Balaban J connectivity index is 3.21. The normalized spacial score (nSPS) is 12.6. The highest BCUT2D eigenvalue weighted by atomic mass is 19.4. The van der Waals surface area contributed by atoms with Crippen molar-refractivity contribution in [2.75, 3.05) is 0 Å². The summed E-state index contributed by atoms with van der Waals surface area (Å²) in [5, 5.41) is 0. The molecule has 1 rings (SSSR count). The second-order valence-corrected chi connectivity index (χ2v) is 4.12. The second kappa shape index (κ2) is 5.22. The number of rotatable bonds is 3. The summed E-state index contributed by atoms with van der Waals surface area (Å²) >= 11 is 0. The van der Waals surface area contributed by atoms with Gasteiger partial charge in [-0.1, -0.05) is 0 Å². The summed E-state index contributed by atoms with van der Waals surface area (Å²) < 4.78 is 75.0. The molecule has 0 atom stereocenters. The fraction of sp³-hybridized carbons (Fsp3) is 0.417. The lowest BCUT2D eigenvalue weighted by atomic mass is 10.0.